The Labute approximate surface area is 40.7 Å². The summed E-state index contributed by atoms with van der Waals surface area (Å²) in [6.07, 6.45) is 0. The fourth-order valence-electron chi connectivity index (χ4n) is 0.0948. The molecule has 0 amide bonds. The van der Waals surface area contributed by atoms with Crippen LogP contribution >= 0.6 is 0 Å². The molecule has 0 N–H and O–H groups in total. The van der Waals surface area contributed by atoms with Crippen LogP contribution in [0.2, 0.25) is 0 Å². The molecule has 0 aromatic heterocycles. The van der Waals surface area contributed by atoms with Crippen LogP contribution in [0.5, 0.6) is 0 Å². The van der Waals surface area contributed by atoms with E-state index in [1.807, 2.05) is 0 Å². The third kappa shape index (κ3) is 5.00. The number of carbonyl (C=O) groups excluding carboxylic acids is 2. The molecule has 0 saturated heterocycles. The lowest BCUT2D eigenvalue weighted by molar-refractivity contribution is -0.124. The zero-order valence-electron chi connectivity index (χ0n) is 3.49. The van der Waals surface area contributed by atoms with Crippen LogP contribution < -0.4 is 0 Å². The van der Waals surface area contributed by atoms with Crippen molar-refractivity contribution in [3.63, 3.8) is 0 Å². The zero-order valence-corrected chi connectivity index (χ0v) is 3.49. The summed E-state index contributed by atoms with van der Waals surface area (Å²) < 4.78 is 7.88. The van der Waals surface area contributed by atoms with Crippen molar-refractivity contribution < 1.29 is 18.9 Å². The summed E-state index contributed by atoms with van der Waals surface area (Å²) in [5.41, 5.74) is 0. The van der Waals surface area contributed by atoms with E-state index in [2.05, 4.69) is 9.31 Å². The molecule has 38 valence electrons. The molecule has 4 nitrogen and oxygen atoms in total. The molecule has 0 radical (unpaired) electrons. The van der Waals surface area contributed by atoms with Gasteiger partial charge in [0.1, 0.15) is 0 Å². The van der Waals surface area contributed by atoms with Gasteiger partial charge in [-0.3, -0.25) is 9.59 Å². The van der Waals surface area contributed by atoms with Crippen molar-refractivity contribution >= 4 is 20.6 Å². The van der Waals surface area contributed by atoms with E-state index in [9.17, 15) is 9.59 Å². The summed E-state index contributed by atoms with van der Waals surface area (Å²) in [7, 11) is -0.299. The van der Waals surface area contributed by atoms with E-state index in [4.69, 9.17) is 0 Å². The molecular formula is C2H3BO4. The van der Waals surface area contributed by atoms with E-state index in [0.717, 1.165) is 0 Å². The van der Waals surface area contributed by atoms with Crippen molar-refractivity contribution in [2.75, 3.05) is 0 Å². The minimum atomic E-state index is -0.299. The van der Waals surface area contributed by atoms with E-state index >= 15 is 0 Å². The van der Waals surface area contributed by atoms with Gasteiger partial charge in [-0.15, -0.1) is 0 Å². The largest absolute Gasteiger partial charge is 0.580 e. The molecule has 0 aliphatic rings. The molecule has 0 spiro atoms. The Hall–Kier alpha value is -0.995. The Morgan fingerprint density at radius 3 is 1.86 bits per heavy atom. The standard InChI is InChI=1S/C2H3BO4/c4-1-6-3-7-2-5/h1-3H. The number of rotatable bonds is 4. The Kier molecular flexibility index (Phi) is 4.29. The zero-order chi connectivity index (χ0) is 5.54. The highest BCUT2D eigenvalue weighted by Crippen LogP contribution is 1.59. The van der Waals surface area contributed by atoms with Crippen LogP contribution in [0.4, 0.5) is 0 Å². The highest BCUT2D eigenvalue weighted by molar-refractivity contribution is 6.22. The van der Waals surface area contributed by atoms with E-state index in [-0.39, 0.29) is 20.6 Å². The minimum absolute atomic E-state index is 0.198. The smallest absolute Gasteiger partial charge is 0.504 e. The molecule has 0 bridgehead atoms. The molecule has 0 aromatic carbocycles. The fraction of sp³-hybridized carbons (Fsp3) is 0. The summed E-state index contributed by atoms with van der Waals surface area (Å²) in [6.45, 7) is 0.396. The van der Waals surface area contributed by atoms with Crippen LogP contribution in [0.25, 0.3) is 0 Å². The quantitative estimate of drug-likeness (QED) is 0.249. The van der Waals surface area contributed by atoms with Gasteiger partial charge in [0.25, 0.3) is 12.9 Å². The first kappa shape index (κ1) is 6.00. The molecule has 0 atom stereocenters. The van der Waals surface area contributed by atoms with Gasteiger partial charge in [0.05, 0.1) is 0 Å². The maximum Gasteiger partial charge on any atom is 0.580 e. The first-order chi connectivity index (χ1) is 3.41. The van der Waals surface area contributed by atoms with Gasteiger partial charge in [-0.25, -0.2) is 0 Å². The summed E-state index contributed by atoms with van der Waals surface area (Å²) >= 11 is 0. The average Bonchev–Trinajstić information content (AvgIpc) is 1.69. The van der Waals surface area contributed by atoms with Crippen molar-refractivity contribution in [2.24, 2.45) is 0 Å². The molecule has 0 unspecified atom stereocenters. The van der Waals surface area contributed by atoms with E-state index < -0.39 is 0 Å². The predicted molar refractivity (Wildman–Crippen MR) is 21.4 cm³/mol. The third-order valence-corrected chi connectivity index (χ3v) is 0.272. The van der Waals surface area contributed by atoms with Crippen LogP contribution in [0.3, 0.4) is 0 Å². The fourth-order valence-corrected chi connectivity index (χ4v) is 0.0948. The van der Waals surface area contributed by atoms with Crippen molar-refractivity contribution in [1.82, 2.24) is 0 Å². The average molecular weight is 102 g/mol. The molecule has 0 fully saturated rings. The van der Waals surface area contributed by atoms with E-state index in [1.165, 1.54) is 0 Å². The SMILES string of the molecule is O=COBOC=O. The Morgan fingerprint density at radius 2 is 1.57 bits per heavy atom. The molecule has 0 saturated carbocycles. The second-order valence-electron chi connectivity index (χ2n) is 0.644. The highest BCUT2D eigenvalue weighted by Gasteiger charge is 1.84. The molecule has 0 rings (SSSR count). The summed E-state index contributed by atoms with van der Waals surface area (Å²) in [5, 5.41) is 0. The number of carbonyl (C=O) groups is 2. The van der Waals surface area contributed by atoms with Crippen LogP contribution in [0, 0.1) is 0 Å². The molecule has 0 aliphatic heterocycles. The van der Waals surface area contributed by atoms with Gasteiger partial charge in [-0.2, -0.15) is 0 Å². The molecule has 0 heterocycles. The van der Waals surface area contributed by atoms with Crippen LogP contribution in [0.15, 0.2) is 0 Å². The van der Waals surface area contributed by atoms with Crippen LogP contribution in [0.1, 0.15) is 0 Å². The third-order valence-electron chi connectivity index (χ3n) is 0.272. The Bertz CT molecular complexity index is 54.7. The van der Waals surface area contributed by atoms with Crippen molar-refractivity contribution in [3.8, 4) is 0 Å². The van der Waals surface area contributed by atoms with Crippen LogP contribution in [-0.4, -0.2) is 20.6 Å². The van der Waals surface area contributed by atoms with Gasteiger partial charge < -0.3 is 9.31 Å². The molecule has 0 aliphatic carbocycles. The number of hydrogen-bond donors (Lipinski definition) is 0. The molecule has 5 heteroatoms. The maximum atomic E-state index is 9.26. The first-order valence-corrected chi connectivity index (χ1v) is 1.52. The van der Waals surface area contributed by atoms with Crippen molar-refractivity contribution in [1.29, 1.82) is 0 Å². The molecule has 7 heavy (non-hydrogen) atoms. The first-order valence-electron chi connectivity index (χ1n) is 1.52. The van der Waals surface area contributed by atoms with Gasteiger partial charge in [0, 0.05) is 0 Å². The van der Waals surface area contributed by atoms with Gasteiger partial charge in [0.2, 0.25) is 0 Å². The lowest BCUT2D eigenvalue weighted by Crippen LogP contribution is -2.00. The van der Waals surface area contributed by atoms with E-state index in [0.29, 0.717) is 0 Å². The Balaban J connectivity index is 2.68. The van der Waals surface area contributed by atoms with Gasteiger partial charge in [-0.05, 0) is 0 Å². The van der Waals surface area contributed by atoms with E-state index in [1.54, 1.807) is 0 Å². The van der Waals surface area contributed by atoms with Crippen molar-refractivity contribution in [3.05, 3.63) is 0 Å². The lowest BCUT2D eigenvalue weighted by Gasteiger charge is -1.87. The Morgan fingerprint density at radius 1 is 1.14 bits per heavy atom. The maximum absolute atomic E-state index is 9.26. The normalized spacial score (nSPS) is 6.29. The second-order valence-corrected chi connectivity index (χ2v) is 0.644. The minimum Gasteiger partial charge on any atom is -0.504 e. The number of hydrogen-bond acceptors (Lipinski definition) is 4. The summed E-state index contributed by atoms with van der Waals surface area (Å²) in [4.78, 5) is 18.5. The van der Waals surface area contributed by atoms with Gasteiger partial charge in [-0.1, -0.05) is 0 Å². The molecular weight excluding hydrogens is 98.8 g/mol. The topological polar surface area (TPSA) is 52.6 Å². The van der Waals surface area contributed by atoms with Crippen molar-refractivity contribution in [2.45, 2.75) is 0 Å². The lowest BCUT2D eigenvalue weighted by atomic mass is 10.4. The summed E-state index contributed by atoms with van der Waals surface area (Å²) in [5.74, 6) is 0. The summed E-state index contributed by atoms with van der Waals surface area (Å²) in [6, 6.07) is 0. The molecule has 0 aromatic rings. The predicted octanol–water partition coefficient (Wildman–Crippen LogP) is -1.40. The van der Waals surface area contributed by atoms with Gasteiger partial charge in [0.15, 0.2) is 0 Å². The van der Waals surface area contributed by atoms with Crippen LogP contribution in [-0.2, 0) is 18.9 Å². The van der Waals surface area contributed by atoms with Gasteiger partial charge >= 0.3 is 7.69 Å². The second kappa shape index (κ2) is 5.00. The highest BCUT2D eigenvalue weighted by atomic mass is 16.6. The monoisotopic (exact) mass is 102 g/mol.